The van der Waals surface area contributed by atoms with Crippen LogP contribution in [0.15, 0.2) is 43.1 Å². The molecule has 3 aromatic heterocycles. The van der Waals surface area contributed by atoms with Gasteiger partial charge in [-0.05, 0) is 32.9 Å². The van der Waals surface area contributed by atoms with Crippen LogP contribution in [0.1, 0.15) is 20.8 Å². The quantitative estimate of drug-likeness (QED) is 0.675. The molecule has 3 rings (SSSR count). The fourth-order valence-electron chi connectivity index (χ4n) is 2.67. The summed E-state index contributed by atoms with van der Waals surface area (Å²) in [4.78, 5) is 28.9. The predicted octanol–water partition coefficient (Wildman–Crippen LogP) is 3.09. The monoisotopic (exact) mass is 382 g/mol. The first-order chi connectivity index (χ1) is 13.2. The Kier molecular flexibility index (Phi) is 5.48. The summed E-state index contributed by atoms with van der Waals surface area (Å²) < 4.78 is 7.31. The van der Waals surface area contributed by atoms with Crippen LogP contribution in [-0.2, 0) is 4.74 Å². The Hall–Kier alpha value is -3.16. The number of amides is 1. The number of ether oxygens (including phenoxy) is 1. The van der Waals surface area contributed by atoms with Crippen molar-refractivity contribution in [2.45, 2.75) is 26.4 Å². The number of fused-ring (bicyclic) bond motifs is 1. The van der Waals surface area contributed by atoms with Gasteiger partial charge in [-0.15, -0.1) is 0 Å². The number of anilines is 1. The zero-order valence-electron chi connectivity index (χ0n) is 17.0. The van der Waals surface area contributed by atoms with Crippen LogP contribution in [0.3, 0.4) is 0 Å². The standard InChI is InChI=1S/C20H26N6O2/c1-20(2,3)28-19(27)25(5)10-9-24(4)18-13-22-17-11-16(23-14-26(17)18)15-7-6-8-21-12-15/h6-8,11-14H,9-10H2,1-5H3. The van der Waals surface area contributed by atoms with Crippen LogP contribution in [0.5, 0.6) is 0 Å². The molecule has 148 valence electrons. The van der Waals surface area contributed by atoms with Gasteiger partial charge in [-0.2, -0.15) is 0 Å². The Labute approximate surface area is 164 Å². The third-order valence-corrected chi connectivity index (χ3v) is 4.21. The van der Waals surface area contributed by atoms with Crippen LogP contribution in [0.2, 0.25) is 0 Å². The van der Waals surface area contributed by atoms with Crippen LogP contribution in [0.4, 0.5) is 10.6 Å². The summed E-state index contributed by atoms with van der Waals surface area (Å²) in [6.07, 6.45) is 6.74. The van der Waals surface area contributed by atoms with E-state index in [1.807, 2.05) is 55.3 Å². The number of pyridine rings is 1. The number of aromatic nitrogens is 4. The molecule has 0 saturated heterocycles. The molecule has 0 spiro atoms. The molecular weight excluding hydrogens is 356 g/mol. The maximum absolute atomic E-state index is 12.1. The highest BCUT2D eigenvalue weighted by Crippen LogP contribution is 2.20. The highest BCUT2D eigenvalue weighted by Gasteiger charge is 2.20. The maximum atomic E-state index is 12.1. The molecule has 0 radical (unpaired) electrons. The van der Waals surface area contributed by atoms with Crippen molar-refractivity contribution in [3.05, 3.63) is 43.1 Å². The maximum Gasteiger partial charge on any atom is 0.410 e. The molecule has 3 aromatic rings. The van der Waals surface area contributed by atoms with E-state index < -0.39 is 5.60 Å². The van der Waals surface area contributed by atoms with Crippen LogP contribution >= 0.6 is 0 Å². The normalized spacial score (nSPS) is 11.5. The Balaban J connectivity index is 1.69. The molecular formula is C20H26N6O2. The zero-order chi connectivity index (χ0) is 20.3. The Morgan fingerprint density at radius 1 is 1.18 bits per heavy atom. The molecule has 8 heteroatoms. The van der Waals surface area contributed by atoms with Gasteiger partial charge in [0.25, 0.3) is 0 Å². The highest BCUT2D eigenvalue weighted by molar-refractivity contribution is 5.68. The predicted molar refractivity (Wildman–Crippen MR) is 108 cm³/mol. The summed E-state index contributed by atoms with van der Waals surface area (Å²) in [6, 6.07) is 5.78. The van der Waals surface area contributed by atoms with E-state index in [9.17, 15) is 4.79 Å². The molecule has 3 heterocycles. The summed E-state index contributed by atoms with van der Waals surface area (Å²) in [6.45, 7) is 6.73. The van der Waals surface area contributed by atoms with E-state index in [1.165, 1.54) is 0 Å². The number of hydrogen-bond donors (Lipinski definition) is 0. The van der Waals surface area contributed by atoms with Gasteiger partial charge < -0.3 is 14.5 Å². The van der Waals surface area contributed by atoms with Gasteiger partial charge in [0.05, 0.1) is 11.9 Å². The highest BCUT2D eigenvalue weighted by atomic mass is 16.6. The minimum absolute atomic E-state index is 0.332. The molecule has 0 fully saturated rings. The summed E-state index contributed by atoms with van der Waals surface area (Å²) >= 11 is 0. The molecule has 0 aliphatic heterocycles. The Bertz CT molecular complexity index is 948. The van der Waals surface area contributed by atoms with E-state index >= 15 is 0 Å². The molecule has 0 aromatic carbocycles. The van der Waals surface area contributed by atoms with Gasteiger partial charge in [0.2, 0.25) is 0 Å². The van der Waals surface area contributed by atoms with Crippen LogP contribution in [0.25, 0.3) is 16.9 Å². The molecule has 0 saturated carbocycles. The van der Waals surface area contributed by atoms with E-state index in [-0.39, 0.29) is 6.09 Å². The molecule has 0 aliphatic carbocycles. The zero-order valence-corrected chi connectivity index (χ0v) is 17.0. The fraction of sp³-hybridized carbons (Fsp3) is 0.400. The van der Waals surface area contributed by atoms with Gasteiger partial charge in [0, 0.05) is 51.2 Å². The van der Waals surface area contributed by atoms with Crippen LogP contribution in [0, 0.1) is 0 Å². The topological polar surface area (TPSA) is 75.9 Å². The number of likely N-dealkylation sites (N-methyl/N-ethyl adjacent to an activating group) is 2. The van der Waals surface area contributed by atoms with E-state index in [0.717, 1.165) is 22.7 Å². The molecule has 0 atom stereocenters. The summed E-state index contributed by atoms with van der Waals surface area (Å²) in [5.41, 5.74) is 2.07. The lowest BCUT2D eigenvalue weighted by molar-refractivity contribution is 0.0303. The smallest absolute Gasteiger partial charge is 0.410 e. The molecule has 0 unspecified atom stereocenters. The van der Waals surface area contributed by atoms with Crippen molar-refractivity contribution in [1.29, 1.82) is 0 Å². The third kappa shape index (κ3) is 4.57. The lowest BCUT2D eigenvalue weighted by Crippen LogP contribution is -2.38. The van der Waals surface area contributed by atoms with Gasteiger partial charge in [-0.1, -0.05) is 0 Å². The molecule has 0 aliphatic rings. The average molecular weight is 382 g/mol. The van der Waals surface area contributed by atoms with Crippen molar-refractivity contribution in [1.82, 2.24) is 24.3 Å². The van der Waals surface area contributed by atoms with E-state index in [4.69, 9.17) is 4.74 Å². The lowest BCUT2D eigenvalue weighted by Gasteiger charge is -2.26. The van der Waals surface area contributed by atoms with Crippen molar-refractivity contribution < 1.29 is 9.53 Å². The largest absolute Gasteiger partial charge is 0.444 e. The molecule has 8 nitrogen and oxygen atoms in total. The van der Waals surface area contributed by atoms with Gasteiger partial charge in [-0.3, -0.25) is 9.38 Å². The van der Waals surface area contributed by atoms with Crippen molar-refractivity contribution in [3.8, 4) is 11.3 Å². The summed E-state index contributed by atoms with van der Waals surface area (Å²) in [5.74, 6) is 0.901. The van der Waals surface area contributed by atoms with E-state index in [2.05, 4.69) is 15.0 Å². The molecule has 0 bridgehead atoms. The first-order valence-electron chi connectivity index (χ1n) is 9.13. The first kappa shape index (κ1) is 19.6. The van der Waals surface area contributed by atoms with Crippen LogP contribution in [-0.4, -0.2) is 63.1 Å². The van der Waals surface area contributed by atoms with E-state index in [1.54, 1.807) is 36.9 Å². The lowest BCUT2D eigenvalue weighted by atomic mass is 10.2. The minimum Gasteiger partial charge on any atom is -0.444 e. The molecule has 0 N–H and O–H groups in total. The number of carbonyl (C=O) groups is 1. The second kappa shape index (κ2) is 7.84. The SMILES string of the molecule is CN(CCN(C)c1cnc2cc(-c3cccnc3)ncn12)C(=O)OC(C)(C)C. The average Bonchev–Trinajstić information content (AvgIpc) is 3.08. The fourth-order valence-corrected chi connectivity index (χ4v) is 2.67. The number of hydrogen-bond acceptors (Lipinski definition) is 6. The second-order valence-electron chi connectivity index (χ2n) is 7.68. The summed E-state index contributed by atoms with van der Waals surface area (Å²) in [7, 11) is 3.69. The minimum atomic E-state index is -0.503. The summed E-state index contributed by atoms with van der Waals surface area (Å²) in [5, 5.41) is 0. The third-order valence-electron chi connectivity index (χ3n) is 4.21. The number of carbonyl (C=O) groups excluding carboxylic acids is 1. The Morgan fingerprint density at radius 3 is 2.64 bits per heavy atom. The van der Waals surface area contributed by atoms with Crippen molar-refractivity contribution in [2.75, 3.05) is 32.1 Å². The first-order valence-corrected chi connectivity index (χ1v) is 9.13. The number of rotatable bonds is 5. The van der Waals surface area contributed by atoms with Gasteiger partial charge in [-0.25, -0.2) is 14.8 Å². The van der Waals surface area contributed by atoms with Crippen molar-refractivity contribution >= 4 is 17.6 Å². The van der Waals surface area contributed by atoms with Gasteiger partial charge >= 0.3 is 6.09 Å². The number of nitrogens with zero attached hydrogens (tertiary/aromatic N) is 6. The Morgan fingerprint density at radius 2 is 1.96 bits per heavy atom. The molecule has 28 heavy (non-hydrogen) atoms. The van der Waals surface area contributed by atoms with Gasteiger partial charge in [0.1, 0.15) is 23.4 Å². The second-order valence-corrected chi connectivity index (χ2v) is 7.68. The van der Waals surface area contributed by atoms with Crippen molar-refractivity contribution in [2.24, 2.45) is 0 Å². The van der Waals surface area contributed by atoms with Gasteiger partial charge in [0.15, 0.2) is 0 Å². The number of imidazole rings is 1. The van der Waals surface area contributed by atoms with E-state index in [0.29, 0.717) is 13.1 Å². The van der Waals surface area contributed by atoms with Crippen molar-refractivity contribution in [3.63, 3.8) is 0 Å². The van der Waals surface area contributed by atoms with Crippen LogP contribution < -0.4 is 4.90 Å². The molecule has 1 amide bonds.